The van der Waals surface area contributed by atoms with Gasteiger partial charge in [0, 0.05) is 12.5 Å². The maximum atomic E-state index is 11.6. The fraction of sp³-hybridized carbons (Fsp3) is 0.545. The van der Waals surface area contributed by atoms with Gasteiger partial charge in [-0.15, -0.1) is 5.10 Å². The van der Waals surface area contributed by atoms with Crippen molar-refractivity contribution in [2.24, 2.45) is 0 Å². The lowest BCUT2D eigenvalue weighted by atomic mass is 10.2. The number of nitrogens with zero attached hydrogens (tertiary/aromatic N) is 5. The molecule has 2 aromatic heterocycles. The molecule has 8 heteroatoms. The second-order valence-electron chi connectivity index (χ2n) is 4.13. The quantitative estimate of drug-likeness (QED) is 0.773. The van der Waals surface area contributed by atoms with Crippen molar-refractivity contribution in [3.8, 4) is 0 Å². The Kier molecular flexibility index (Phi) is 4.60. The molecule has 0 aliphatic heterocycles. The van der Waals surface area contributed by atoms with Gasteiger partial charge >= 0.3 is 0 Å². The topological polar surface area (TPSA) is 98.7 Å². The Balaban J connectivity index is 1.70. The van der Waals surface area contributed by atoms with Crippen LogP contribution in [-0.2, 0) is 24.3 Å². The molecule has 2 heterocycles. The molecule has 0 aromatic carbocycles. The number of tetrazole rings is 1. The van der Waals surface area contributed by atoms with Gasteiger partial charge in [-0.05, 0) is 16.8 Å². The maximum absolute atomic E-state index is 11.6. The van der Waals surface area contributed by atoms with E-state index in [1.165, 1.54) is 11.0 Å². The van der Waals surface area contributed by atoms with Crippen molar-refractivity contribution < 1.29 is 9.32 Å². The molecule has 19 heavy (non-hydrogen) atoms. The highest BCUT2D eigenvalue weighted by Gasteiger charge is 2.06. The van der Waals surface area contributed by atoms with Crippen LogP contribution in [0.4, 0.5) is 0 Å². The highest BCUT2D eigenvalue weighted by molar-refractivity contribution is 5.75. The molecule has 0 atom stereocenters. The van der Waals surface area contributed by atoms with E-state index in [1.54, 1.807) is 0 Å². The van der Waals surface area contributed by atoms with Crippen molar-refractivity contribution in [1.29, 1.82) is 0 Å². The first-order chi connectivity index (χ1) is 9.28. The second-order valence-corrected chi connectivity index (χ2v) is 4.13. The smallest absolute Gasteiger partial charge is 0.222 e. The van der Waals surface area contributed by atoms with E-state index in [0.717, 1.165) is 18.5 Å². The van der Waals surface area contributed by atoms with Gasteiger partial charge in [0.25, 0.3) is 0 Å². The molecule has 0 bridgehead atoms. The third-order valence-corrected chi connectivity index (χ3v) is 2.53. The van der Waals surface area contributed by atoms with Crippen LogP contribution in [0.5, 0.6) is 0 Å². The lowest BCUT2D eigenvalue weighted by Crippen LogP contribution is -2.23. The molecule has 0 saturated heterocycles. The zero-order valence-corrected chi connectivity index (χ0v) is 10.7. The number of carbonyl (C=O) groups is 1. The first kappa shape index (κ1) is 13.2. The van der Waals surface area contributed by atoms with Gasteiger partial charge in [0.2, 0.25) is 5.91 Å². The van der Waals surface area contributed by atoms with Gasteiger partial charge < -0.3 is 9.84 Å². The number of nitrogens with one attached hydrogen (secondary N) is 1. The summed E-state index contributed by atoms with van der Waals surface area (Å²) in [6.45, 7) is 2.89. The minimum Gasteiger partial charge on any atom is -0.359 e. The van der Waals surface area contributed by atoms with Crippen molar-refractivity contribution in [3.63, 3.8) is 0 Å². The van der Waals surface area contributed by atoms with Crippen molar-refractivity contribution in [2.75, 3.05) is 0 Å². The Morgan fingerprint density at radius 2 is 2.42 bits per heavy atom. The van der Waals surface area contributed by atoms with Gasteiger partial charge in [0.05, 0.1) is 18.8 Å². The molecule has 0 aliphatic rings. The summed E-state index contributed by atoms with van der Waals surface area (Å²) >= 11 is 0. The minimum atomic E-state index is -0.0797. The summed E-state index contributed by atoms with van der Waals surface area (Å²) in [7, 11) is 0. The Labute approximate surface area is 110 Å². The summed E-state index contributed by atoms with van der Waals surface area (Å²) in [4.78, 5) is 11.6. The zero-order valence-electron chi connectivity index (χ0n) is 10.7. The van der Waals surface area contributed by atoms with Gasteiger partial charge in [-0.25, -0.2) is 4.68 Å². The van der Waals surface area contributed by atoms with Crippen LogP contribution in [0.15, 0.2) is 16.9 Å². The van der Waals surface area contributed by atoms with Gasteiger partial charge in [0.1, 0.15) is 6.33 Å². The van der Waals surface area contributed by atoms with Crippen LogP contribution in [0.1, 0.15) is 31.2 Å². The van der Waals surface area contributed by atoms with E-state index in [9.17, 15) is 4.79 Å². The molecule has 1 amide bonds. The molecule has 0 saturated carbocycles. The summed E-state index contributed by atoms with van der Waals surface area (Å²) in [5.41, 5.74) is 0.917. The average molecular weight is 264 g/mol. The fourth-order valence-electron chi connectivity index (χ4n) is 1.59. The summed E-state index contributed by atoms with van der Waals surface area (Å²) < 4.78 is 6.62. The van der Waals surface area contributed by atoms with Crippen LogP contribution in [0, 0.1) is 0 Å². The predicted molar refractivity (Wildman–Crippen MR) is 64.8 cm³/mol. The van der Waals surface area contributed by atoms with E-state index >= 15 is 0 Å². The van der Waals surface area contributed by atoms with Gasteiger partial charge in [-0.3, -0.25) is 4.79 Å². The first-order valence-corrected chi connectivity index (χ1v) is 6.20. The monoisotopic (exact) mass is 264 g/mol. The molecule has 2 aromatic rings. The average Bonchev–Trinajstić information content (AvgIpc) is 3.05. The number of amides is 1. The molecule has 0 aliphatic carbocycles. The lowest BCUT2D eigenvalue weighted by molar-refractivity contribution is -0.121. The Hall–Kier alpha value is -2.25. The zero-order chi connectivity index (χ0) is 13.5. The highest BCUT2D eigenvalue weighted by atomic mass is 16.5. The largest absolute Gasteiger partial charge is 0.359 e. The maximum Gasteiger partial charge on any atom is 0.222 e. The number of aromatic nitrogens is 5. The molecule has 0 radical (unpaired) electrons. The van der Waals surface area contributed by atoms with E-state index in [1.807, 2.05) is 6.07 Å². The number of rotatable bonds is 7. The van der Waals surface area contributed by atoms with Crippen LogP contribution in [0.3, 0.4) is 0 Å². The molecule has 0 spiro atoms. The van der Waals surface area contributed by atoms with Crippen molar-refractivity contribution >= 4 is 5.91 Å². The van der Waals surface area contributed by atoms with Crippen LogP contribution < -0.4 is 5.32 Å². The summed E-state index contributed by atoms with van der Waals surface area (Å²) in [5, 5.41) is 17.3. The normalized spacial score (nSPS) is 10.6. The molecular formula is C11H16N6O2. The number of hydrogen-bond donors (Lipinski definition) is 1. The van der Waals surface area contributed by atoms with Crippen LogP contribution in [-0.4, -0.2) is 31.3 Å². The molecule has 1 N–H and O–H groups in total. The lowest BCUT2D eigenvalue weighted by Gasteiger charge is -2.01. The summed E-state index contributed by atoms with van der Waals surface area (Å²) in [6, 6.07) is 1.87. The third kappa shape index (κ3) is 4.16. The Bertz CT molecular complexity index is 507. The number of aryl methyl sites for hydroxylation is 2. The molecule has 102 valence electrons. The van der Waals surface area contributed by atoms with Crippen LogP contribution in [0.2, 0.25) is 0 Å². The molecular weight excluding hydrogens is 248 g/mol. The van der Waals surface area contributed by atoms with E-state index in [4.69, 9.17) is 4.52 Å². The standard InChI is InChI=1S/C11H16N6O2/c1-2-3-9-6-10(19-14-9)7-12-11(18)4-5-17-8-13-15-16-17/h6,8H,2-5,7H2,1H3,(H,12,18). The van der Waals surface area contributed by atoms with Gasteiger partial charge in [0.15, 0.2) is 5.76 Å². The number of hydrogen-bond acceptors (Lipinski definition) is 6. The van der Waals surface area contributed by atoms with E-state index < -0.39 is 0 Å². The van der Waals surface area contributed by atoms with Crippen molar-refractivity contribution in [1.82, 2.24) is 30.7 Å². The van der Waals surface area contributed by atoms with Crippen molar-refractivity contribution in [3.05, 3.63) is 23.8 Å². The fourth-order valence-corrected chi connectivity index (χ4v) is 1.59. The highest BCUT2D eigenvalue weighted by Crippen LogP contribution is 2.05. The molecule has 0 unspecified atom stereocenters. The third-order valence-electron chi connectivity index (χ3n) is 2.53. The first-order valence-electron chi connectivity index (χ1n) is 6.20. The van der Waals surface area contributed by atoms with E-state index in [-0.39, 0.29) is 5.91 Å². The minimum absolute atomic E-state index is 0.0797. The van der Waals surface area contributed by atoms with Crippen molar-refractivity contribution in [2.45, 2.75) is 39.3 Å². The number of carbonyl (C=O) groups excluding carboxylic acids is 1. The summed E-state index contributed by atoms with van der Waals surface area (Å²) in [6.07, 6.45) is 3.70. The molecule has 8 nitrogen and oxygen atoms in total. The van der Waals surface area contributed by atoms with Crippen LogP contribution >= 0.6 is 0 Å². The van der Waals surface area contributed by atoms with Crippen LogP contribution in [0.25, 0.3) is 0 Å². The van der Waals surface area contributed by atoms with E-state index in [0.29, 0.717) is 25.3 Å². The van der Waals surface area contributed by atoms with Gasteiger partial charge in [-0.1, -0.05) is 18.5 Å². The predicted octanol–water partition coefficient (Wildman–Crippen LogP) is 0.320. The summed E-state index contributed by atoms with van der Waals surface area (Å²) in [5.74, 6) is 0.586. The molecule has 0 fully saturated rings. The van der Waals surface area contributed by atoms with E-state index in [2.05, 4.69) is 32.9 Å². The Morgan fingerprint density at radius 1 is 1.53 bits per heavy atom. The Morgan fingerprint density at radius 3 is 3.16 bits per heavy atom. The SMILES string of the molecule is CCCc1cc(CNC(=O)CCn2cnnn2)on1. The molecule has 2 rings (SSSR count). The van der Waals surface area contributed by atoms with Gasteiger partial charge in [-0.2, -0.15) is 0 Å². The second kappa shape index (κ2) is 6.62.